The van der Waals surface area contributed by atoms with Crippen LogP contribution >= 0.6 is 0 Å². The largest absolute Gasteiger partial charge is 0.393 e. The number of allylic oxidation sites excluding steroid dienone is 2. The van der Waals surface area contributed by atoms with Crippen LogP contribution in [-0.2, 0) is 0 Å². The third-order valence-corrected chi connectivity index (χ3v) is 2.93. The maximum Gasteiger partial charge on any atom is 0.0517 e. The Morgan fingerprint density at radius 1 is 1.29 bits per heavy atom. The molecule has 0 saturated heterocycles. The summed E-state index contributed by atoms with van der Waals surface area (Å²) in [5, 5.41) is 13.0. The second kappa shape index (κ2) is 7.88. The van der Waals surface area contributed by atoms with E-state index in [9.17, 15) is 5.11 Å². The van der Waals surface area contributed by atoms with E-state index in [4.69, 9.17) is 0 Å². The van der Waals surface area contributed by atoms with Crippen LogP contribution in [0.15, 0.2) is 11.6 Å². The number of aliphatic hydroxyl groups excluding tert-OH is 1. The summed E-state index contributed by atoms with van der Waals surface area (Å²) in [6.07, 6.45) is 5.25. The molecule has 0 heterocycles. The van der Waals surface area contributed by atoms with Crippen LogP contribution in [0.5, 0.6) is 0 Å². The summed E-state index contributed by atoms with van der Waals surface area (Å²) in [6, 6.07) is 0.541. The minimum absolute atomic E-state index is 0.166. The third kappa shape index (κ3) is 10.5. The van der Waals surface area contributed by atoms with E-state index in [1.807, 2.05) is 6.92 Å². The van der Waals surface area contributed by atoms with Crippen LogP contribution in [0.2, 0.25) is 0 Å². The third-order valence-electron chi connectivity index (χ3n) is 2.93. The topological polar surface area (TPSA) is 32.3 Å². The lowest BCUT2D eigenvalue weighted by Gasteiger charge is -2.28. The summed E-state index contributed by atoms with van der Waals surface area (Å²) in [6.45, 7) is 13.8. The minimum Gasteiger partial charge on any atom is -0.393 e. The Kier molecular flexibility index (Phi) is 7.73. The molecule has 0 aromatic rings. The summed E-state index contributed by atoms with van der Waals surface area (Å²) in [4.78, 5) is 0. The molecule has 0 aliphatic heterocycles. The lowest BCUT2D eigenvalue weighted by molar-refractivity contribution is 0.126. The van der Waals surface area contributed by atoms with Crippen molar-refractivity contribution in [2.24, 2.45) is 5.41 Å². The van der Waals surface area contributed by atoms with E-state index in [1.165, 1.54) is 12.0 Å². The van der Waals surface area contributed by atoms with Gasteiger partial charge in [0.2, 0.25) is 0 Å². The SMILES string of the molecule is CC(C)=CCCC(C)NCC(C)(C)CC(C)O. The molecule has 2 N–H and O–H groups in total. The molecule has 0 aromatic carbocycles. The van der Waals surface area contributed by atoms with Gasteiger partial charge < -0.3 is 10.4 Å². The van der Waals surface area contributed by atoms with Crippen LogP contribution in [0.4, 0.5) is 0 Å². The van der Waals surface area contributed by atoms with Gasteiger partial charge in [-0.05, 0) is 52.4 Å². The molecule has 0 saturated carbocycles. The van der Waals surface area contributed by atoms with Gasteiger partial charge in [0.15, 0.2) is 0 Å². The van der Waals surface area contributed by atoms with E-state index >= 15 is 0 Å². The van der Waals surface area contributed by atoms with Gasteiger partial charge in [0, 0.05) is 12.6 Å². The van der Waals surface area contributed by atoms with Crippen LogP contribution in [-0.4, -0.2) is 23.8 Å². The summed E-state index contributed by atoms with van der Waals surface area (Å²) >= 11 is 0. The first-order valence-corrected chi connectivity index (χ1v) is 6.78. The molecule has 0 amide bonds. The fourth-order valence-corrected chi connectivity index (χ4v) is 2.05. The van der Waals surface area contributed by atoms with Gasteiger partial charge in [-0.25, -0.2) is 0 Å². The van der Waals surface area contributed by atoms with Gasteiger partial charge >= 0.3 is 0 Å². The molecule has 0 aliphatic carbocycles. The Bertz CT molecular complexity index is 227. The molecular formula is C15H31NO. The van der Waals surface area contributed by atoms with E-state index in [2.05, 4.69) is 46.0 Å². The quantitative estimate of drug-likeness (QED) is 0.637. The average Bonchev–Trinajstić information content (AvgIpc) is 2.12. The van der Waals surface area contributed by atoms with Crippen molar-refractivity contribution in [2.45, 2.75) is 73.0 Å². The number of nitrogens with one attached hydrogen (secondary N) is 1. The molecule has 0 rings (SSSR count). The van der Waals surface area contributed by atoms with E-state index in [1.54, 1.807) is 0 Å². The summed E-state index contributed by atoms with van der Waals surface area (Å²) in [5.41, 5.74) is 1.56. The van der Waals surface area contributed by atoms with Crippen molar-refractivity contribution in [3.05, 3.63) is 11.6 Å². The van der Waals surface area contributed by atoms with Gasteiger partial charge in [-0.2, -0.15) is 0 Å². The van der Waals surface area contributed by atoms with Crippen molar-refractivity contribution in [2.75, 3.05) is 6.54 Å². The van der Waals surface area contributed by atoms with E-state index in [0.29, 0.717) is 6.04 Å². The highest BCUT2D eigenvalue weighted by Crippen LogP contribution is 2.21. The standard InChI is InChI=1S/C15H31NO/c1-12(2)8-7-9-13(3)16-11-15(5,6)10-14(4)17/h8,13-14,16-17H,7,9-11H2,1-6H3. The van der Waals surface area contributed by atoms with Crippen LogP contribution in [0.25, 0.3) is 0 Å². The molecule has 0 radical (unpaired) electrons. The molecule has 2 atom stereocenters. The first-order chi connectivity index (χ1) is 7.73. The zero-order valence-corrected chi connectivity index (χ0v) is 12.5. The summed E-state index contributed by atoms with van der Waals surface area (Å²) in [5.74, 6) is 0. The molecule has 0 aliphatic rings. The molecule has 2 nitrogen and oxygen atoms in total. The Labute approximate surface area is 108 Å². The van der Waals surface area contributed by atoms with Gasteiger partial charge in [0.1, 0.15) is 0 Å². The Hall–Kier alpha value is -0.340. The van der Waals surface area contributed by atoms with E-state index in [-0.39, 0.29) is 11.5 Å². The monoisotopic (exact) mass is 241 g/mol. The fourth-order valence-electron chi connectivity index (χ4n) is 2.05. The second-order valence-corrected chi connectivity index (χ2v) is 6.36. The zero-order valence-electron chi connectivity index (χ0n) is 12.5. The van der Waals surface area contributed by atoms with Crippen LogP contribution < -0.4 is 5.32 Å². The Morgan fingerprint density at radius 3 is 2.35 bits per heavy atom. The summed E-state index contributed by atoms with van der Waals surface area (Å²) < 4.78 is 0. The molecule has 17 heavy (non-hydrogen) atoms. The number of hydrogen-bond acceptors (Lipinski definition) is 2. The normalized spacial score (nSPS) is 15.5. The molecular weight excluding hydrogens is 210 g/mol. The minimum atomic E-state index is -0.215. The lowest BCUT2D eigenvalue weighted by Crippen LogP contribution is -2.36. The maximum atomic E-state index is 9.42. The highest BCUT2D eigenvalue weighted by Gasteiger charge is 2.20. The van der Waals surface area contributed by atoms with Gasteiger partial charge in [-0.3, -0.25) is 0 Å². The molecule has 0 fully saturated rings. The van der Waals surface area contributed by atoms with Crippen molar-refractivity contribution in [3.8, 4) is 0 Å². The first-order valence-electron chi connectivity index (χ1n) is 6.78. The molecule has 2 unspecified atom stereocenters. The van der Waals surface area contributed by atoms with Gasteiger partial charge in [-0.15, -0.1) is 0 Å². The number of hydrogen-bond donors (Lipinski definition) is 2. The Balaban J connectivity index is 3.82. The van der Waals surface area contributed by atoms with Gasteiger partial charge in [-0.1, -0.05) is 25.5 Å². The van der Waals surface area contributed by atoms with Crippen molar-refractivity contribution < 1.29 is 5.11 Å². The highest BCUT2D eigenvalue weighted by atomic mass is 16.3. The molecule has 2 heteroatoms. The Morgan fingerprint density at radius 2 is 1.88 bits per heavy atom. The molecule has 0 spiro atoms. The molecule has 0 aromatic heterocycles. The van der Waals surface area contributed by atoms with Crippen LogP contribution in [0.3, 0.4) is 0 Å². The van der Waals surface area contributed by atoms with Gasteiger partial charge in [0.25, 0.3) is 0 Å². The van der Waals surface area contributed by atoms with Crippen molar-refractivity contribution in [1.29, 1.82) is 0 Å². The van der Waals surface area contributed by atoms with E-state index in [0.717, 1.165) is 19.4 Å². The average molecular weight is 241 g/mol. The van der Waals surface area contributed by atoms with Crippen molar-refractivity contribution >= 4 is 0 Å². The van der Waals surface area contributed by atoms with E-state index < -0.39 is 0 Å². The zero-order chi connectivity index (χ0) is 13.5. The van der Waals surface area contributed by atoms with Crippen molar-refractivity contribution in [3.63, 3.8) is 0 Å². The molecule has 0 bridgehead atoms. The number of rotatable bonds is 8. The summed E-state index contributed by atoms with van der Waals surface area (Å²) in [7, 11) is 0. The highest BCUT2D eigenvalue weighted by molar-refractivity contribution is 4.93. The van der Waals surface area contributed by atoms with Crippen LogP contribution in [0, 0.1) is 5.41 Å². The maximum absolute atomic E-state index is 9.42. The van der Waals surface area contributed by atoms with Crippen molar-refractivity contribution in [1.82, 2.24) is 5.32 Å². The first kappa shape index (κ1) is 16.7. The number of aliphatic hydroxyl groups is 1. The lowest BCUT2D eigenvalue weighted by atomic mass is 9.86. The van der Waals surface area contributed by atoms with Crippen LogP contribution in [0.1, 0.15) is 60.8 Å². The fraction of sp³-hybridized carbons (Fsp3) is 0.867. The van der Waals surface area contributed by atoms with Gasteiger partial charge in [0.05, 0.1) is 6.10 Å². The predicted molar refractivity (Wildman–Crippen MR) is 76.2 cm³/mol. The predicted octanol–water partition coefficient (Wildman–Crippen LogP) is 3.51. The second-order valence-electron chi connectivity index (χ2n) is 6.36. The molecule has 102 valence electrons. The smallest absolute Gasteiger partial charge is 0.0517 e.